The molecule has 0 N–H and O–H groups in total. The normalized spacial score (nSPS) is 32.9. The van der Waals surface area contributed by atoms with Crippen LogP contribution in [0, 0.1) is 17.3 Å². The molecule has 0 radical (unpaired) electrons. The van der Waals surface area contributed by atoms with E-state index in [1.54, 1.807) is 0 Å². The van der Waals surface area contributed by atoms with Crippen molar-refractivity contribution in [1.82, 2.24) is 9.80 Å². The Labute approximate surface area is 126 Å². The molecule has 0 unspecified atom stereocenters. The summed E-state index contributed by atoms with van der Waals surface area (Å²) in [5, 5.41) is 0. The van der Waals surface area contributed by atoms with E-state index in [1.165, 1.54) is 58.3 Å². The Bertz CT molecular complexity index is 286. The van der Waals surface area contributed by atoms with Crippen LogP contribution in [0.4, 0.5) is 0 Å². The van der Waals surface area contributed by atoms with Crippen LogP contribution in [0.5, 0.6) is 0 Å². The van der Waals surface area contributed by atoms with Crippen LogP contribution in [-0.4, -0.2) is 49.1 Å². The van der Waals surface area contributed by atoms with Gasteiger partial charge in [-0.2, -0.15) is 0 Å². The Morgan fingerprint density at radius 1 is 1.20 bits per heavy atom. The van der Waals surface area contributed by atoms with Crippen LogP contribution in [0.15, 0.2) is 0 Å². The molecule has 1 aliphatic carbocycles. The first kappa shape index (κ1) is 16.3. The summed E-state index contributed by atoms with van der Waals surface area (Å²) in [7, 11) is 2.33. The molecule has 0 aromatic rings. The Morgan fingerprint density at radius 2 is 1.80 bits per heavy atom. The number of likely N-dealkylation sites (N-methyl/N-ethyl adjacent to an activating group) is 2. The summed E-state index contributed by atoms with van der Waals surface area (Å²) in [6, 6.07) is 0.825. The van der Waals surface area contributed by atoms with Crippen molar-refractivity contribution in [1.29, 1.82) is 0 Å². The van der Waals surface area contributed by atoms with Gasteiger partial charge in [0.25, 0.3) is 0 Å². The third-order valence-corrected chi connectivity index (χ3v) is 6.26. The van der Waals surface area contributed by atoms with E-state index in [-0.39, 0.29) is 0 Å². The molecular formula is C18H36N2. The lowest BCUT2D eigenvalue weighted by molar-refractivity contribution is 0.0391. The van der Waals surface area contributed by atoms with Crippen molar-refractivity contribution < 1.29 is 0 Å². The van der Waals surface area contributed by atoms with Gasteiger partial charge in [-0.3, -0.25) is 0 Å². The summed E-state index contributed by atoms with van der Waals surface area (Å²) in [6.45, 7) is 14.7. The van der Waals surface area contributed by atoms with E-state index < -0.39 is 0 Å². The van der Waals surface area contributed by atoms with Gasteiger partial charge in [-0.15, -0.1) is 0 Å². The average molecular weight is 281 g/mol. The van der Waals surface area contributed by atoms with Crippen LogP contribution in [0.1, 0.15) is 59.8 Å². The maximum Gasteiger partial charge on any atom is 0.0347 e. The molecule has 0 spiro atoms. The molecule has 2 fully saturated rings. The molecule has 0 atom stereocenters. The first-order chi connectivity index (χ1) is 9.43. The van der Waals surface area contributed by atoms with E-state index in [1.807, 2.05) is 0 Å². The molecule has 1 aliphatic heterocycles. The largest absolute Gasteiger partial charge is 0.301 e. The fourth-order valence-electron chi connectivity index (χ4n) is 3.96. The average Bonchev–Trinajstić information content (AvgIpc) is 2.36. The number of nitrogens with zero attached hydrogens (tertiary/aromatic N) is 2. The van der Waals surface area contributed by atoms with Crippen LogP contribution in [0.3, 0.4) is 0 Å². The summed E-state index contributed by atoms with van der Waals surface area (Å²) >= 11 is 0. The summed E-state index contributed by atoms with van der Waals surface area (Å²) in [5.41, 5.74) is 0.619. The van der Waals surface area contributed by atoms with E-state index in [0.29, 0.717) is 5.41 Å². The predicted octanol–water partition coefficient (Wildman–Crippen LogP) is 3.86. The quantitative estimate of drug-likeness (QED) is 0.729. The first-order valence-corrected chi connectivity index (χ1v) is 8.86. The van der Waals surface area contributed by atoms with E-state index in [9.17, 15) is 0 Å². The van der Waals surface area contributed by atoms with E-state index in [4.69, 9.17) is 0 Å². The van der Waals surface area contributed by atoms with Crippen LogP contribution < -0.4 is 0 Å². The second-order valence-corrected chi connectivity index (χ2v) is 8.13. The third-order valence-electron chi connectivity index (χ3n) is 6.26. The van der Waals surface area contributed by atoms with Crippen LogP contribution in [-0.2, 0) is 0 Å². The fraction of sp³-hybridized carbons (Fsp3) is 1.00. The van der Waals surface area contributed by atoms with Gasteiger partial charge < -0.3 is 9.80 Å². The maximum absolute atomic E-state index is 2.62. The molecule has 20 heavy (non-hydrogen) atoms. The number of rotatable bonds is 6. The molecule has 0 aromatic carbocycles. The summed E-state index contributed by atoms with van der Waals surface area (Å²) in [5.74, 6) is 1.88. The maximum atomic E-state index is 2.62. The molecule has 1 heterocycles. The third kappa shape index (κ3) is 3.98. The SMILES string of the molecule is CCN1CC(N(C)CCC2(C)CCC(C(C)C)CC2)C1. The molecular weight excluding hydrogens is 244 g/mol. The topological polar surface area (TPSA) is 6.48 Å². The van der Waals surface area contributed by atoms with Crippen LogP contribution in [0.25, 0.3) is 0 Å². The second-order valence-electron chi connectivity index (χ2n) is 8.13. The van der Waals surface area contributed by atoms with Gasteiger partial charge in [-0.25, -0.2) is 0 Å². The van der Waals surface area contributed by atoms with Crippen molar-refractivity contribution in [3.63, 3.8) is 0 Å². The molecule has 0 amide bonds. The molecule has 0 bridgehead atoms. The molecule has 2 rings (SSSR count). The Balaban J connectivity index is 1.68. The Morgan fingerprint density at radius 3 is 2.30 bits per heavy atom. The lowest BCUT2D eigenvalue weighted by Gasteiger charge is -2.45. The highest BCUT2D eigenvalue weighted by Crippen LogP contribution is 2.43. The van der Waals surface area contributed by atoms with E-state index >= 15 is 0 Å². The molecule has 0 aromatic heterocycles. The minimum atomic E-state index is 0.619. The van der Waals surface area contributed by atoms with Crippen molar-refractivity contribution in [2.75, 3.05) is 33.2 Å². The smallest absolute Gasteiger partial charge is 0.0347 e. The van der Waals surface area contributed by atoms with Gasteiger partial charge in [0.1, 0.15) is 0 Å². The van der Waals surface area contributed by atoms with Gasteiger partial charge in [0.15, 0.2) is 0 Å². The van der Waals surface area contributed by atoms with Gasteiger partial charge in [0.2, 0.25) is 0 Å². The zero-order valence-electron chi connectivity index (χ0n) is 14.5. The number of hydrogen-bond acceptors (Lipinski definition) is 2. The summed E-state index contributed by atoms with van der Waals surface area (Å²) in [4.78, 5) is 5.16. The highest BCUT2D eigenvalue weighted by atomic mass is 15.3. The summed E-state index contributed by atoms with van der Waals surface area (Å²) < 4.78 is 0. The Hall–Kier alpha value is -0.0800. The Kier molecular flexibility index (Phi) is 5.53. The lowest BCUT2D eigenvalue weighted by atomic mass is 9.67. The van der Waals surface area contributed by atoms with Gasteiger partial charge in [-0.1, -0.05) is 27.7 Å². The molecule has 1 saturated carbocycles. The highest BCUT2D eigenvalue weighted by molar-refractivity contribution is 4.88. The highest BCUT2D eigenvalue weighted by Gasteiger charge is 2.34. The van der Waals surface area contributed by atoms with Crippen molar-refractivity contribution >= 4 is 0 Å². The first-order valence-electron chi connectivity index (χ1n) is 8.86. The van der Waals surface area contributed by atoms with Gasteiger partial charge >= 0.3 is 0 Å². The number of likely N-dealkylation sites (tertiary alicyclic amines) is 1. The van der Waals surface area contributed by atoms with Crippen molar-refractivity contribution in [3.8, 4) is 0 Å². The van der Waals surface area contributed by atoms with Crippen molar-refractivity contribution in [3.05, 3.63) is 0 Å². The molecule has 2 nitrogen and oxygen atoms in total. The van der Waals surface area contributed by atoms with Crippen molar-refractivity contribution in [2.24, 2.45) is 17.3 Å². The molecule has 118 valence electrons. The van der Waals surface area contributed by atoms with Gasteiger partial charge in [0.05, 0.1) is 0 Å². The summed E-state index contributed by atoms with van der Waals surface area (Å²) in [6.07, 6.45) is 7.23. The van der Waals surface area contributed by atoms with Crippen LogP contribution in [0.2, 0.25) is 0 Å². The van der Waals surface area contributed by atoms with E-state index in [2.05, 4.69) is 44.5 Å². The zero-order chi connectivity index (χ0) is 14.8. The van der Waals surface area contributed by atoms with Crippen molar-refractivity contribution in [2.45, 2.75) is 65.8 Å². The second kappa shape index (κ2) is 6.79. The monoisotopic (exact) mass is 280 g/mol. The zero-order valence-corrected chi connectivity index (χ0v) is 14.5. The lowest BCUT2D eigenvalue weighted by Crippen LogP contribution is -2.58. The minimum absolute atomic E-state index is 0.619. The van der Waals surface area contributed by atoms with Gasteiger partial charge in [-0.05, 0) is 69.5 Å². The van der Waals surface area contributed by atoms with E-state index in [0.717, 1.165) is 17.9 Å². The van der Waals surface area contributed by atoms with Crippen LogP contribution >= 0.6 is 0 Å². The standard InChI is InChI=1S/C18H36N2/c1-6-20-13-17(14-20)19(5)12-11-18(4)9-7-16(8-10-18)15(2)3/h15-17H,6-14H2,1-5H3. The van der Waals surface area contributed by atoms with Gasteiger partial charge in [0, 0.05) is 19.1 Å². The fourth-order valence-corrected chi connectivity index (χ4v) is 3.96. The minimum Gasteiger partial charge on any atom is -0.301 e. The molecule has 2 aliphatic rings. The number of hydrogen-bond donors (Lipinski definition) is 0. The molecule has 1 saturated heterocycles. The molecule has 2 heteroatoms. The predicted molar refractivity (Wildman–Crippen MR) is 88.1 cm³/mol.